The highest BCUT2D eigenvalue weighted by molar-refractivity contribution is 5.99. The average Bonchev–Trinajstić information content (AvgIpc) is 3.24. The van der Waals surface area contributed by atoms with E-state index in [0.717, 1.165) is 4.90 Å². The van der Waals surface area contributed by atoms with E-state index in [-0.39, 0.29) is 12.2 Å². The van der Waals surface area contributed by atoms with Gasteiger partial charge in [0.25, 0.3) is 5.91 Å². The van der Waals surface area contributed by atoms with Crippen LogP contribution in [0.2, 0.25) is 0 Å². The summed E-state index contributed by atoms with van der Waals surface area (Å²) in [4.78, 5) is 38.0. The maximum Gasteiger partial charge on any atom is 0.361 e. The summed E-state index contributed by atoms with van der Waals surface area (Å²) in [5.41, 5.74) is 0.666. The molecule has 124 valence electrons. The molecule has 0 bridgehead atoms. The summed E-state index contributed by atoms with van der Waals surface area (Å²) in [6.45, 7) is 2.05. The molecule has 1 aliphatic rings. The number of esters is 1. The molecule has 9 nitrogen and oxygen atoms in total. The van der Waals surface area contributed by atoms with Gasteiger partial charge in [0.2, 0.25) is 0 Å². The number of carbonyl (C=O) groups is 3. The Morgan fingerprint density at radius 3 is 2.71 bits per heavy atom. The third-order valence-electron chi connectivity index (χ3n) is 3.44. The largest absolute Gasteiger partial charge is 0.448 e. The molecular weight excluding hydrogens is 314 g/mol. The van der Waals surface area contributed by atoms with Crippen LogP contribution < -0.4 is 5.32 Å². The van der Waals surface area contributed by atoms with Crippen LogP contribution in [0.5, 0.6) is 0 Å². The van der Waals surface area contributed by atoms with Gasteiger partial charge in [0.15, 0.2) is 11.8 Å². The second-order valence-electron chi connectivity index (χ2n) is 5.12. The molecule has 2 heterocycles. The number of amides is 3. The predicted octanol–water partition coefficient (Wildman–Crippen LogP) is 0.364. The zero-order valence-corrected chi connectivity index (χ0v) is 12.9. The number of hydrogen-bond acceptors (Lipinski definition) is 6. The summed E-state index contributed by atoms with van der Waals surface area (Å²) >= 11 is 0. The van der Waals surface area contributed by atoms with Gasteiger partial charge in [-0.3, -0.25) is 9.69 Å². The van der Waals surface area contributed by atoms with Gasteiger partial charge in [-0.25, -0.2) is 9.59 Å². The van der Waals surface area contributed by atoms with Crippen molar-refractivity contribution in [1.82, 2.24) is 25.2 Å². The van der Waals surface area contributed by atoms with Crippen molar-refractivity contribution in [1.29, 1.82) is 0 Å². The van der Waals surface area contributed by atoms with Gasteiger partial charge in [-0.1, -0.05) is 18.2 Å². The highest BCUT2D eigenvalue weighted by Gasteiger charge is 2.32. The molecule has 1 aromatic heterocycles. The lowest BCUT2D eigenvalue weighted by Gasteiger charge is -2.17. The summed E-state index contributed by atoms with van der Waals surface area (Å²) in [6.07, 6.45) is 0.165. The maximum absolute atomic E-state index is 12.1. The van der Waals surface area contributed by atoms with E-state index in [1.54, 1.807) is 12.1 Å². The molecule has 1 unspecified atom stereocenters. The van der Waals surface area contributed by atoms with Crippen LogP contribution in [0.25, 0.3) is 5.69 Å². The second kappa shape index (κ2) is 6.49. The Hall–Kier alpha value is -3.23. The van der Waals surface area contributed by atoms with Gasteiger partial charge >= 0.3 is 12.0 Å². The Balaban J connectivity index is 1.66. The van der Waals surface area contributed by atoms with E-state index >= 15 is 0 Å². The number of aromatic nitrogens is 3. The van der Waals surface area contributed by atoms with Crippen LogP contribution in [-0.4, -0.2) is 57.0 Å². The zero-order valence-electron chi connectivity index (χ0n) is 12.9. The van der Waals surface area contributed by atoms with Gasteiger partial charge in [0.1, 0.15) is 0 Å². The van der Waals surface area contributed by atoms with Gasteiger partial charge in [0.05, 0.1) is 11.9 Å². The number of para-hydroxylation sites is 1. The normalized spacial score (nSPS) is 15.0. The fourth-order valence-electron chi connectivity index (χ4n) is 2.22. The highest BCUT2D eigenvalue weighted by atomic mass is 16.5. The van der Waals surface area contributed by atoms with E-state index in [1.807, 2.05) is 18.2 Å². The van der Waals surface area contributed by atoms with Crippen LogP contribution >= 0.6 is 0 Å². The zero-order chi connectivity index (χ0) is 17.1. The number of nitrogens with one attached hydrogen (secondary N) is 1. The third kappa shape index (κ3) is 3.09. The Kier molecular flexibility index (Phi) is 4.23. The van der Waals surface area contributed by atoms with Gasteiger partial charge in [-0.15, -0.1) is 5.10 Å². The lowest BCUT2D eigenvalue weighted by molar-refractivity contribution is -0.136. The highest BCUT2D eigenvalue weighted by Crippen LogP contribution is 2.08. The molecule has 1 atom stereocenters. The minimum atomic E-state index is -1.09. The van der Waals surface area contributed by atoms with Crippen LogP contribution in [0, 0.1) is 0 Å². The minimum Gasteiger partial charge on any atom is -0.448 e. The molecule has 0 radical (unpaired) electrons. The van der Waals surface area contributed by atoms with Crippen LogP contribution in [-0.2, 0) is 9.53 Å². The molecule has 1 aromatic carbocycles. The number of ether oxygens (including phenoxy) is 1. The maximum atomic E-state index is 12.1. The molecule has 1 saturated heterocycles. The molecule has 1 aliphatic heterocycles. The Labute approximate surface area is 137 Å². The average molecular weight is 329 g/mol. The van der Waals surface area contributed by atoms with Crippen molar-refractivity contribution in [3.05, 3.63) is 42.2 Å². The van der Waals surface area contributed by atoms with Crippen molar-refractivity contribution in [2.75, 3.05) is 13.1 Å². The van der Waals surface area contributed by atoms with Crippen LogP contribution in [0.15, 0.2) is 36.5 Å². The van der Waals surface area contributed by atoms with E-state index in [1.165, 1.54) is 17.9 Å². The topological polar surface area (TPSA) is 106 Å². The first-order chi connectivity index (χ1) is 11.6. The van der Waals surface area contributed by atoms with Crippen molar-refractivity contribution in [2.24, 2.45) is 0 Å². The number of urea groups is 1. The fourth-order valence-corrected chi connectivity index (χ4v) is 2.22. The quantitative estimate of drug-likeness (QED) is 0.812. The monoisotopic (exact) mass is 329 g/mol. The van der Waals surface area contributed by atoms with Crippen LogP contribution in [0.3, 0.4) is 0 Å². The van der Waals surface area contributed by atoms with Crippen molar-refractivity contribution in [3.8, 4) is 5.69 Å². The molecule has 0 aliphatic carbocycles. The number of hydrogen-bond donors (Lipinski definition) is 1. The van der Waals surface area contributed by atoms with Crippen molar-refractivity contribution < 1.29 is 19.1 Å². The van der Waals surface area contributed by atoms with Crippen LogP contribution in [0.4, 0.5) is 4.79 Å². The van der Waals surface area contributed by atoms with Gasteiger partial charge < -0.3 is 10.1 Å². The van der Waals surface area contributed by atoms with E-state index in [2.05, 4.69) is 15.5 Å². The minimum absolute atomic E-state index is 0.0237. The summed E-state index contributed by atoms with van der Waals surface area (Å²) in [5, 5.41) is 10.5. The predicted molar refractivity (Wildman–Crippen MR) is 81.3 cm³/mol. The van der Waals surface area contributed by atoms with Crippen molar-refractivity contribution in [3.63, 3.8) is 0 Å². The first kappa shape index (κ1) is 15.7. The summed E-state index contributed by atoms with van der Waals surface area (Å²) < 4.78 is 5.08. The Morgan fingerprint density at radius 1 is 1.29 bits per heavy atom. The van der Waals surface area contributed by atoms with E-state index in [0.29, 0.717) is 12.2 Å². The number of benzene rings is 1. The summed E-state index contributed by atoms with van der Waals surface area (Å²) in [5.74, 6) is -1.36. The number of rotatable bonds is 4. The van der Waals surface area contributed by atoms with E-state index in [4.69, 9.17) is 4.74 Å². The molecular formula is C15H15N5O4. The molecule has 1 N–H and O–H groups in total. The standard InChI is InChI=1S/C15H15N5O4/c1-10(13(21)19-8-7-16-15(19)23)24-14(22)12-9-17-20(18-12)11-5-3-2-4-6-11/h2-6,9-10H,7-8H2,1H3,(H,16,23). The molecule has 2 aromatic rings. The van der Waals surface area contributed by atoms with Crippen molar-refractivity contribution in [2.45, 2.75) is 13.0 Å². The fraction of sp³-hybridized carbons (Fsp3) is 0.267. The molecule has 24 heavy (non-hydrogen) atoms. The lowest BCUT2D eigenvalue weighted by atomic mass is 10.3. The SMILES string of the molecule is CC(OC(=O)c1cnn(-c2ccccc2)n1)C(=O)N1CCNC1=O. The van der Waals surface area contributed by atoms with E-state index in [9.17, 15) is 14.4 Å². The van der Waals surface area contributed by atoms with E-state index < -0.39 is 24.0 Å². The summed E-state index contributed by atoms with van der Waals surface area (Å²) in [6, 6.07) is 8.57. The second-order valence-corrected chi connectivity index (χ2v) is 5.12. The van der Waals surface area contributed by atoms with Gasteiger partial charge in [0, 0.05) is 13.1 Å². The van der Waals surface area contributed by atoms with Gasteiger partial charge in [-0.2, -0.15) is 9.90 Å². The van der Waals surface area contributed by atoms with Crippen molar-refractivity contribution >= 4 is 17.9 Å². The first-order valence-electron chi connectivity index (χ1n) is 7.34. The molecule has 3 amide bonds. The molecule has 0 saturated carbocycles. The molecule has 1 fully saturated rings. The van der Waals surface area contributed by atoms with Crippen LogP contribution in [0.1, 0.15) is 17.4 Å². The summed E-state index contributed by atoms with van der Waals surface area (Å²) in [7, 11) is 0. The number of imide groups is 1. The lowest BCUT2D eigenvalue weighted by Crippen LogP contribution is -2.41. The molecule has 0 spiro atoms. The number of carbonyl (C=O) groups excluding carboxylic acids is 3. The Morgan fingerprint density at radius 2 is 2.04 bits per heavy atom. The molecule has 3 rings (SSSR count). The third-order valence-corrected chi connectivity index (χ3v) is 3.44. The number of nitrogens with zero attached hydrogens (tertiary/aromatic N) is 4. The molecule has 9 heteroatoms. The van der Waals surface area contributed by atoms with Gasteiger partial charge in [-0.05, 0) is 19.1 Å². The Bertz CT molecular complexity index is 773. The first-order valence-corrected chi connectivity index (χ1v) is 7.34. The smallest absolute Gasteiger partial charge is 0.361 e.